The van der Waals surface area contributed by atoms with Crippen LogP contribution in [0.3, 0.4) is 0 Å². The van der Waals surface area contributed by atoms with Gasteiger partial charge in [0, 0.05) is 97.6 Å². The molecule has 74 heavy (non-hydrogen) atoms. The lowest BCUT2D eigenvalue weighted by atomic mass is 9.77. The summed E-state index contributed by atoms with van der Waals surface area (Å²) in [6.07, 6.45) is 3.78. The number of alkyl halides is 5. The van der Waals surface area contributed by atoms with E-state index in [9.17, 15) is 36.3 Å². The smallest absolute Gasteiger partial charge is 0.407 e. The molecule has 2 aliphatic heterocycles. The first kappa shape index (κ1) is 57.1. The Morgan fingerprint density at radius 2 is 1.58 bits per heavy atom. The number of esters is 1. The third kappa shape index (κ3) is 15.0. The number of aliphatic imine (C=N–C) groups is 1. The van der Waals surface area contributed by atoms with Crippen LogP contribution in [0.5, 0.6) is 0 Å². The number of ketones is 1. The zero-order valence-corrected chi connectivity index (χ0v) is 41.7. The molecule has 1 aromatic heterocycles. The zero-order valence-electron chi connectivity index (χ0n) is 41.7. The normalized spacial score (nSPS) is 19.1. The van der Waals surface area contributed by atoms with Gasteiger partial charge in [-0.05, 0) is 101 Å². The van der Waals surface area contributed by atoms with Gasteiger partial charge in [-0.1, -0.05) is 36.8 Å². The second-order valence-corrected chi connectivity index (χ2v) is 19.6. The van der Waals surface area contributed by atoms with Gasteiger partial charge in [0.15, 0.2) is 5.78 Å². The van der Waals surface area contributed by atoms with Crippen LogP contribution in [0.25, 0.3) is 5.70 Å². The molecule has 2 saturated heterocycles. The van der Waals surface area contributed by atoms with Gasteiger partial charge in [-0.3, -0.25) is 14.5 Å². The minimum Gasteiger partial charge on any atom is -0.460 e. The molecule has 1 saturated carbocycles. The van der Waals surface area contributed by atoms with Crippen molar-refractivity contribution in [2.75, 3.05) is 38.2 Å². The standard InChI is InChI=1S/C52H65F7N10O5/c1-51(2,52(57,58)59)46(67-50(72)73-3)44(70)24-35(45(74-47(71)43(62)9-4-5-19-60)28-63-27-39-40(53)22-34(23-41(39)54)42(61)18-20-64-48(55)56)21-32-13-10-31(11-14-32)12-15-33-25-65-49(66-26-33)68-29-37-16-17-38(30-68)69(37)36-7-6-8-36/h10-11,13-14,18,20,22-23,25-26,35-38,43,45-46,48,63H,4-9,16-17,19,21,24,27-30,60-62H2,1-3H3,(H,67,72)/t35-,37?,38?,43+,45+,46-/m1/s1. The molecule has 6 rings (SSSR count). The first-order valence-electron chi connectivity index (χ1n) is 24.7. The topological polar surface area (TPSA) is 216 Å². The van der Waals surface area contributed by atoms with Crippen LogP contribution >= 0.6 is 0 Å². The Hall–Kier alpha value is -6.15. The van der Waals surface area contributed by atoms with Crippen molar-refractivity contribution in [3.05, 3.63) is 94.3 Å². The van der Waals surface area contributed by atoms with Crippen molar-refractivity contribution in [3.63, 3.8) is 0 Å². The minimum absolute atomic E-state index is 0.108. The van der Waals surface area contributed by atoms with Crippen molar-refractivity contribution < 1.29 is 54.6 Å². The van der Waals surface area contributed by atoms with Crippen molar-refractivity contribution in [3.8, 4) is 11.8 Å². The van der Waals surface area contributed by atoms with Crippen molar-refractivity contribution >= 4 is 35.7 Å². The molecule has 3 aromatic rings. The van der Waals surface area contributed by atoms with E-state index in [2.05, 4.69) is 46.7 Å². The molecule has 15 nitrogen and oxygen atoms in total. The number of hydrogen-bond acceptors (Lipinski definition) is 14. The quantitative estimate of drug-likeness (QED) is 0.0171. The Morgan fingerprint density at radius 3 is 2.15 bits per heavy atom. The molecule has 3 aliphatic rings. The van der Waals surface area contributed by atoms with Gasteiger partial charge in [0.25, 0.3) is 0 Å². The number of methoxy groups -OCH3 is 1. The van der Waals surface area contributed by atoms with Gasteiger partial charge < -0.3 is 42.2 Å². The van der Waals surface area contributed by atoms with Crippen molar-refractivity contribution in [2.45, 2.75) is 134 Å². The molecule has 2 aromatic carbocycles. The number of nitrogens with zero attached hydrogens (tertiary/aromatic N) is 5. The molecular weight excluding hydrogens is 978 g/mol. The fraction of sp³-hybridized carbons (Fsp3) is 0.538. The predicted octanol–water partition coefficient (Wildman–Crippen LogP) is 6.54. The number of piperazine rings is 1. The number of unbranched alkanes of at least 4 members (excludes halogenated alkanes) is 1. The number of carbonyl (C=O) groups is 3. The highest BCUT2D eigenvalue weighted by Crippen LogP contribution is 2.42. The van der Waals surface area contributed by atoms with Crippen LogP contribution in [-0.2, 0) is 32.0 Å². The number of Topliss-reactive ketones (excluding diaryl/α,β-unsaturated/α-hetero) is 1. The zero-order chi connectivity index (χ0) is 53.7. The number of rotatable bonds is 23. The maximum atomic E-state index is 15.5. The maximum absolute atomic E-state index is 15.5. The minimum atomic E-state index is -5.01. The molecule has 1 aliphatic carbocycles. The number of allylic oxidation sites excluding steroid dienone is 1. The van der Waals surface area contributed by atoms with Gasteiger partial charge in [0.1, 0.15) is 29.8 Å². The molecule has 6 atom stereocenters. The van der Waals surface area contributed by atoms with E-state index in [1.54, 1.807) is 36.7 Å². The Bertz CT molecular complexity index is 2480. The summed E-state index contributed by atoms with van der Waals surface area (Å²) in [6, 6.07) is 6.82. The van der Waals surface area contributed by atoms with E-state index in [0.717, 1.165) is 52.3 Å². The fourth-order valence-corrected chi connectivity index (χ4v) is 9.55. The van der Waals surface area contributed by atoms with E-state index in [1.807, 2.05) is 5.32 Å². The van der Waals surface area contributed by atoms with Crippen LogP contribution in [0, 0.1) is 34.8 Å². The SMILES string of the molecule is COC(=O)N[C@H](C(=O)C[C@@H](Cc1ccc(C#Cc2cnc(N3CC4CCC(C3)N4C3CCC3)nc2)cc1)[C@H](CNCc1c(F)cc(C(N)=CC=NC(F)F)cc1F)OC(=O)[C@@H](N)CCCCN)C(C)(C)C(F)(F)F. The highest BCUT2D eigenvalue weighted by atomic mass is 19.4. The number of hydrogen-bond donors (Lipinski definition) is 5. The largest absolute Gasteiger partial charge is 0.460 e. The number of carbonyl (C=O) groups excluding carboxylic acids is 3. The van der Waals surface area contributed by atoms with Crippen LogP contribution in [0.4, 0.5) is 41.5 Å². The average molecular weight is 1040 g/mol. The fourth-order valence-electron chi connectivity index (χ4n) is 9.55. The summed E-state index contributed by atoms with van der Waals surface area (Å²) in [5.74, 6) is 1.48. The second-order valence-electron chi connectivity index (χ2n) is 19.6. The number of nitrogens with two attached hydrogens (primary N) is 3. The summed E-state index contributed by atoms with van der Waals surface area (Å²) in [5, 5.41) is 4.88. The van der Waals surface area contributed by atoms with E-state index in [1.165, 1.54) is 32.1 Å². The van der Waals surface area contributed by atoms with Crippen LogP contribution < -0.4 is 32.7 Å². The number of fused-ring (bicyclic) bond motifs is 2. The van der Waals surface area contributed by atoms with Gasteiger partial charge in [0.05, 0.1) is 18.1 Å². The van der Waals surface area contributed by atoms with E-state index >= 15 is 8.78 Å². The molecule has 8 N–H and O–H groups in total. The first-order chi connectivity index (χ1) is 35.2. The first-order valence-corrected chi connectivity index (χ1v) is 24.7. The number of nitrogens with one attached hydrogen (secondary N) is 2. The van der Waals surface area contributed by atoms with Gasteiger partial charge in [-0.15, -0.1) is 0 Å². The van der Waals surface area contributed by atoms with Crippen LogP contribution in [0.2, 0.25) is 0 Å². The van der Waals surface area contributed by atoms with Gasteiger partial charge in [0.2, 0.25) is 5.95 Å². The number of ether oxygens (including phenoxy) is 2. The van der Waals surface area contributed by atoms with E-state index in [-0.39, 0.29) is 24.1 Å². The van der Waals surface area contributed by atoms with Gasteiger partial charge in [-0.25, -0.2) is 28.5 Å². The molecular formula is C52H65F7N10O5. The molecule has 0 radical (unpaired) electrons. The molecule has 3 heterocycles. The molecule has 2 bridgehead atoms. The van der Waals surface area contributed by atoms with E-state index < -0.39 is 96.8 Å². The summed E-state index contributed by atoms with van der Waals surface area (Å²) in [7, 11) is 0.925. The Morgan fingerprint density at radius 1 is 0.946 bits per heavy atom. The number of alkyl carbamates (subject to hydrolysis) is 1. The number of benzene rings is 2. The summed E-state index contributed by atoms with van der Waals surface area (Å²) >= 11 is 0. The number of amides is 1. The second kappa shape index (κ2) is 25.9. The van der Waals surface area contributed by atoms with Crippen molar-refractivity contribution in [1.82, 2.24) is 25.5 Å². The third-order valence-corrected chi connectivity index (χ3v) is 14.1. The summed E-state index contributed by atoms with van der Waals surface area (Å²) in [5.41, 5.74) is 15.6. The Kier molecular flexibility index (Phi) is 20.0. The maximum Gasteiger partial charge on any atom is 0.407 e. The summed E-state index contributed by atoms with van der Waals surface area (Å²) in [6.45, 7) is -0.401. The number of halogens is 7. The molecule has 3 fully saturated rings. The Balaban J connectivity index is 1.25. The number of aromatic nitrogens is 2. The summed E-state index contributed by atoms with van der Waals surface area (Å²) in [4.78, 5) is 57.4. The Labute approximate surface area is 426 Å². The lowest BCUT2D eigenvalue weighted by molar-refractivity contribution is -0.220. The van der Waals surface area contributed by atoms with Gasteiger partial charge >= 0.3 is 24.8 Å². The molecule has 22 heteroatoms. The monoisotopic (exact) mass is 1040 g/mol. The van der Waals surface area contributed by atoms with Gasteiger partial charge in [-0.2, -0.15) is 22.0 Å². The lowest BCUT2D eigenvalue weighted by Crippen LogP contribution is -2.59. The lowest BCUT2D eigenvalue weighted by Gasteiger charge is -2.48. The van der Waals surface area contributed by atoms with Crippen LogP contribution in [0.1, 0.15) is 99.5 Å². The van der Waals surface area contributed by atoms with Crippen molar-refractivity contribution in [2.24, 2.45) is 33.5 Å². The predicted molar refractivity (Wildman–Crippen MR) is 264 cm³/mol. The highest BCUT2D eigenvalue weighted by Gasteiger charge is 2.56. The van der Waals surface area contributed by atoms with Crippen LogP contribution in [-0.4, -0.2) is 121 Å². The van der Waals surface area contributed by atoms with Crippen molar-refractivity contribution in [1.29, 1.82) is 0 Å². The molecule has 2 unspecified atom stereocenters. The van der Waals surface area contributed by atoms with Crippen LogP contribution in [0.15, 0.2) is 59.9 Å². The summed E-state index contributed by atoms with van der Waals surface area (Å²) < 4.78 is 110. The molecule has 402 valence electrons. The molecule has 0 spiro atoms. The van der Waals surface area contributed by atoms with E-state index in [0.29, 0.717) is 66.4 Å². The van der Waals surface area contributed by atoms with E-state index in [4.69, 9.17) is 21.9 Å². The molecule has 1 amide bonds. The number of anilines is 1. The third-order valence-electron chi connectivity index (χ3n) is 14.1. The highest BCUT2D eigenvalue weighted by molar-refractivity contribution is 5.88. The average Bonchev–Trinajstić information content (AvgIpc) is 3.57.